The molecule has 0 radical (unpaired) electrons. The average Bonchev–Trinajstić information content (AvgIpc) is 2.61. The van der Waals surface area contributed by atoms with Crippen molar-refractivity contribution < 1.29 is 14.2 Å². The zero-order chi connectivity index (χ0) is 9.97. The van der Waals surface area contributed by atoms with Crippen LogP contribution in [0.3, 0.4) is 0 Å². The summed E-state index contributed by atoms with van der Waals surface area (Å²) in [6.07, 6.45) is 0. The first-order valence-corrected chi connectivity index (χ1v) is 4.54. The molecule has 0 amide bonds. The maximum atomic E-state index is 5.57. The molecule has 0 fully saturated rings. The minimum absolute atomic E-state index is 0.0282. The summed E-state index contributed by atoms with van der Waals surface area (Å²) in [7, 11) is 0. The second-order valence-electron chi connectivity index (χ2n) is 3.30. The molecule has 1 heterocycles. The molecule has 0 bridgehead atoms. The van der Waals surface area contributed by atoms with Crippen molar-refractivity contribution in [2.24, 2.45) is 5.73 Å². The van der Waals surface area contributed by atoms with Gasteiger partial charge in [-0.2, -0.15) is 0 Å². The third-order valence-corrected chi connectivity index (χ3v) is 1.86. The van der Waals surface area contributed by atoms with E-state index >= 15 is 0 Å². The molecule has 1 atom stereocenters. The molecule has 1 aliphatic rings. The lowest BCUT2D eigenvalue weighted by Crippen LogP contribution is -2.23. The van der Waals surface area contributed by atoms with Gasteiger partial charge in [0.15, 0.2) is 11.5 Å². The van der Waals surface area contributed by atoms with Crippen LogP contribution in [0.4, 0.5) is 0 Å². The molecular weight excluding hydrogens is 182 g/mol. The van der Waals surface area contributed by atoms with Gasteiger partial charge < -0.3 is 19.9 Å². The summed E-state index contributed by atoms with van der Waals surface area (Å²) in [6, 6.07) is 5.51. The normalized spacial score (nSPS) is 15.3. The second-order valence-corrected chi connectivity index (χ2v) is 3.30. The van der Waals surface area contributed by atoms with Crippen LogP contribution in [0.2, 0.25) is 0 Å². The Kier molecular flexibility index (Phi) is 2.45. The Balaban J connectivity index is 2.05. The van der Waals surface area contributed by atoms with Gasteiger partial charge in [0.2, 0.25) is 6.79 Å². The monoisotopic (exact) mass is 195 g/mol. The van der Waals surface area contributed by atoms with E-state index in [1.54, 1.807) is 0 Å². The molecule has 0 aromatic heterocycles. The first kappa shape index (κ1) is 9.15. The third-order valence-electron chi connectivity index (χ3n) is 1.86. The van der Waals surface area contributed by atoms with Crippen LogP contribution in [-0.4, -0.2) is 19.4 Å². The number of rotatable bonds is 3. The topological polar surface area (TPSA) is 53.7 Å². The summed E-state index contributed by atoms with van der Waals surface area (Å²) in [4.78, 5) is 0. The van der Waals surface area contributed by atoms with E-state index in [4.69, 9.17) is 19.9 Å². The average molecular weight is 195 g/mol. The Bertz CT molecular complexity index is 325. The molecule has 1 aromatic rings. The zero-order valence-corrected chi connectivity index (χ0v) is 8.03. The fraction of sp³-hybridized carbons (Fsp3) is 0.400. The second kappa shape index (κ2) is 3.75. The molecule has 1 unspecified atom stereocenters. The van der Waals surface area contributed by atoms with Gasteiger partial charge in [0.25, 0.3) is 0 Å². The molecule has 4 heteroatoms. The van der Waals surface area contributed by atoms with Crippen LogP contribution in [-0.2, 0) is 0 Å². The van der Waals surface area contributed by atoms with Crippen LogP contribution in [0, 0.1) is 0 Å². The smallest absolute Gasteiger partial charge is 0.231 e. The molecule has 4 nitrogen and oxygen atoms in total. The van der Waals surface area contributed by atoms with Gasteiger partial charge in [0, 0.05) is 12.1 Å². The summed E-state index contributed by atoms with van der Waals surface area (Å²) in [5.41, 5.74) is 5.57. The maximum absolute atomic E-state index is 5.57. The maximum Gasteiger partial charge on any atom is 0.231 e. The number of nitrogens with two attached hydrogens (primary N) is 1. The van der Waals surface area contributed by atoms with Crippen LogP contribution in [0.15, 0.2) is 18.2 Å². The lowest BCUT2D eigenvalue weighted by atomic mass is 10.3. The number of ether oxygens (including phenoxy) is 3. The fourth-order valence-corrected chi connectivity index (χ4v) is 1.19. The van der Waals surface area contributed by atoms with Crippen molar-refractivity contribution in [3.63, 3.8) is 0 Å². The van der Waals surface area contributed by atoms with Crippen LogP contribution >= 0.6 is 0 Å². The number of hydrogen-bond acceptors (Lipinski definition) is 4. The predicted molar refractivity (Wildman–Crippen MR) is 51.7 cm³/mol. The van der Waals surface area contributed by atoms with E-state index in [9.17, 15) is 0 Å². The molecule has 2 rings (SSSR count). The van der Waals surface area contributed by atoms with Gasteiger partial charge in [-0.3, -0.25) is 0 Å². The van der Waals surface area contributed by atoms with Gasteiger partial charge in [-0.05, 0) is 19.1 Å². The molecule has 1 aromatic carbocycles. The molecule has 0 saturated carbocycles. The summed E-state index contributed by atoms with van der Waals surface area (Å²) >= 11 is 0. The SMILES string of the molecule is CC(N)COc1ccc2c(c1)OCO2. The first-order valence-electron chi connectivity index (χ1n) is 4.54. The summed E-state index contributed by atoms with van der Waals surface area (Å²) < 4.78 is 15.8. The highest BCUT2D eigenvalue weighted by molar-refractivity contribution is 5.46. The minimum atomic E-state index is 0.0282. The van der Waals surface area contributed by atoms with Gasteiger partial charge in [-0.25, -0.2) is 0 Å². The highest BCUT2D eigenvalue weighted by Gasteiger charge is 2.13. The van der Waals surface area contributed by atoms with E-state index in [1.807, 2.05) is 25.1 Å². The zero-order valence-electron chi connectivity index (χ0n) is 8.03. The van der Waals surface area contributed by atoms with Crippen molar-refractivity contribution in [1.29, 1.82) is 0 Å². The lowest BCUT2D eigenvalue weighted by molar-refractivity contribution is 0.173. The number of benzene rings is 1. The third kappa shape index (κ3) is 1.90. The molecule has 0 saturated heterocycles. The molecule has 76 valence electrons. The van der Waals surface area contributed by atoms with Crippen molar-refractivity contribution in [2.75, 3.05) is 13.4 Å². The largest absolute Gasteiger partial charge is 0.492 e. The Morgan fingerprint density at radius 3 is 3.00 bits per heavy atom. The van der Waals surface area contributed by atoms with Crippen molar-refractivity contribution in [3.05, 3.63) is 18.2 Å². The Morgan fingerprint density at radius 2 is 2.21 bits per heavy atom. The summed E-state index contributed by atoms with van der Waals surface area (Å²) in [5, 5.41) is 0. The summed E-state index contributed by atoms with van der Waals surface area (Å²) in [5.74, 6) is 2.25. The van der Waals surface area contributed by atoms with Crippen molar-refractivity contribution in [3.8, 4) is 17.2 Å². The van der Waals surface area contributed by atoms with E-state index in [0.29, 0.717) is 6.61 Å². The van der Waals surface area contributed by atoms with Crippen LogP contribution in [0.1, 0.15) is 6.92 Å². The standard InChI is InChI=1S/C10H13NO3/c1-7(11)5-12-8-2-3-9-10(4-8)14-6-13-9/h2-4,7H,5-6,11H2,1H3. The molecule has 0 aliphatic carbocycles. The molecule has 14 heavy (non-hydrogen) atoms. The molecule has 1 aliphatic heterocycles. The summed E-state index contributed by atoms with van der Waals surface area (Å²) in [6.45, 7) is 2.68. The van der Waals surface area contributed by atoms with Gasteiger partial charge in [0.05, 0.1) is 0 Å². The first-order chi connectivity index (χ1) is 6.75. The fourth-order valence-electron chi connectivity index (χ4n) is 1.19. The van der Waals surface area contributed by atoms with Crippen LogP contribution < -0.4 is 19.9 Å². The molecule has 0 spiro atoms. The van der Waals surface area contributed by atoms with E-state index in [-0.39, 0.29) is 12.8 Å². The van der Waals surface area contributed by atoms with Gasteiger partial charge >= 0.3 is 0 Å². The number of fused-ring (bicyclic) bond motifs is 1. The van der Waals surface area contributed by atoms with Crippen molar-refractivity contribution >= 4 is 0 Å². The molecular formula is C10H13NO3. The van der Waals surface area contributed by atoms with Gasteiger partial charge in [-0.15, -0.1) is 0 Å². The van der Waals surface area contributed by atoms with Crippen LogP contribution in [0.5, 0.6) is 17.2 Å². The van der Waals surface area contributed by atoms with E-state index < -0.39 is 0 Å². The minimum Gasteiger partial charge on any atom is -0.492 e. The lowest BCUT2D eigenvalue weighted by Gasteiger charge is -2.08. The van der Waals surface area contributed by atoms with Crippen molar-refractivity contribution in [2.45, 2.75) is 13.0 Å². The number of hydrogen-bond donors (Lipinski definition) is 1. The Morgan fingerprint density at radius 1 is 1.43 bits per heavy atom. The van der Waals surface area contributed by atoms with E-state index in [0.717, 1.165) is 17.2 Å². The Hall–Kier alpha value is -1.42. The highest BCUT2D eigenvalue weighted by atomic mass is 16.7. The van der Waals surface area contributed by atoms with Crippen molar-refractivity contribution in [1.82, 2.24) is 0 Å². The highest BCUT2D eigenvalue weighted by Crippen LogP contribution is 2.34. The predicted octanol–water partition coefficient (Wildman–Crippen LogP) is 1.14. The van der Waals surface area contributed by atoms with Gasteiger partial charge in [0.1, 0.15) is 12.4 Å². The van der Waals surface area contributed by atoms with E-state index in [1.165, 1.54) is 0 Å². The quantitative estimate of drug-likeness (QED) is 0.785. The van der Waals surface area contributed by atoms with Gasteiger partial charge in [-0.1, -0.05) is 0 Å². The Labute approximate surface area is 82.6 Å². The van der Waals surface area contributed by atoms with E-state index in [2.05, 4.69) is 0 Å². The van der Waals surface area contributed by atoms with Crippen LogP contribution in [0.25, 0.3) is 0 Å². The molecule has 2 N–H and O–H groups in total.